The molecule has 0 saturated heterocycles. The molecule has 0 aliphatic rings. The lowest BCUT2D eigenvalue weighted by Gasteiger charge is -2.14. The summed E-state index contributed by atoms with van der Waals surface area (Å²) >= 11 is 7.33. The first kappa shape index (κ1) is 16.9. The minimum atomic E-state index is -0.0594. The van der Waals surface area contributed by atoms with Crippen LogP contribution in [0, 0.1) is 0 Å². The van der Waals surface area contributed by atoms with Crippen molar-refractivity contribution in [2.24, 2.45) is 7.05 Å². The second-order valence-electron chi connectivity index (χ2n) is 5.57. The number of hydrogen-bond donors (Lipinski definition) is 1. The fraction of sp³-hybridized carbons (Fsp3) is 0.222. The SMILES string of the molecule is CC(NC(=O)CSc1nc2ccccc2n1C)c1ccc(Cl)cc1. The number of para-hydroxylation sites is 2. The summed E-state index contributed by atoms with van der Waals surface area (Å²) in [5, 5.41) is 4.53. The maximum Gasteiger partial charge on any atom is 0.230 e. The van der Waals surface area contributed by atoms with Crippen molar-refractivity contribution in [3.63, 3.8) is 0 Å². The lowest BCUT2D eigenvalue weighted by atomic mass is 10.1. The van der Waals surface area contributed by atoms with Crippen molar-refractivity contribution in [1.29, 1.82) is 0 Å². The zero-order chi connectivity index (χ0) is 17.1. The van der Waals surface area contributed by atoms with Gasteiger partial charge in [-0.1, -0.05) is 47.6 Å². The van der Waals surface area contributed by atoms with Crippen LogP contribution in [-0.2, 0) is 11.8 Å². The van der Waals surface area contributed by atoms with Crippen molar-refractivity contribution in [3.8, 4) is 0 Å². The van der Waals surface area contributed by atoms with E-state index in [0.717, 1.165) is 21.8 Å². The van der Waals surface area contributed by atoms with Gasteiger partial charge < -0.3 is 9.88 Å². The Balaban J connectivity index is 1.60. The van der Waals surface area contributed by atoms with Crippen molar-refractivity contribution >= 4 is 40.3 Å². The fourth-order valence-corrected chi connectivity index (χ4v) is 3.42. The molecule has 1 atom stereocenters. The summed E-state index contributed by atoms with van der Waals surface area (Å²) < 4.78 is 2.01. The Kier molecular flexibility index (Phi) is 5.11. The van der Waals surface area contributed by atoms with Crippen LogP contribution in [0.25, 0.3) is 11.0 Å². The average molecular weight is 360 g/mol. The molecule has 0 aliphatic carbocycles. The molecule has 2 aromatic carbocycles. The van der Waals surface area contributed by atoms with Crippen molar-refractivity contribution in [2.45, 2.75) is 18.1 Å². The van der Waals surface area contributed by atoms with Crippen LogP contribution >= 0.6 is 23.4 Å². The first-order valence-corrected chi connectivity index (χ1v) is 9.00. The monoisotopic (exact) mass is 359 g/mol. The first-order valence-electron chi connectivity index (χ1n) is 7.63. The van der Waals surface area contributed by atoms with E-state index in [-0.39, 0.29) is 11.9 Å². The number of carbonyl (C=O) groups excluding carboxylic acids is 1. The number of benzene rings is 2. The fourth-order valence-electron chi connectivity index (χ4n) is 2.50. The molecule has 4 nitrogen and oxygen atoms in total. The molecule has 0 bridgehead atoms. The van der Waals surface area contributed by atoms with E-state index in [4.69, 9.17) is 11.6 Å². The van der Waals surface area contributed by atoms with Gasteiger partial charge in [-0.05, 0) is 36.8 Å². The number of imidazole rings is 1. The van der Waals surface area contributed by atoms with Crippen LogP contribution in [0.2, 0.25) is 5.02 Å². The molecule has 24 heavy (non-hydrogen) atoms. The van der Waals surface area contributed by atoms with E-state index in [0.29, 0.717) is 10.8 Å². The maximum absolute atomic E-state index is 12.2. The summed E-state index contributed by atoms with van der Waals surface area (Å²) in [6.45, 7) is 1.96. The average Bonchev–Trinajstić information content (AvgIpc) is 2.90. The number of aryl methyl sites for hydroxylation is 1. The number of amides is 1. The molecule has 1 amide bonds. The second kappa shape index (κ2) is 7.28. The number of thioether (sulfide) groups is 1. The van der Waals surface area contributed by atoms with Crippen LogP contribution < -0.4 is 5.32 Å². The van der Waals surface area contributed by atoms with Gasteiger partial charge in [-0.2, -0.15) is 0 Å². The molecule has 0 spiro atoms. The lowest BCUT2D eigenvalue weighted by molar-refractivity contribution is -0.119. The number of halogens is 1. The van der Waals surface area contributed by atoms with Crippen LogP contribution in [-0.4, -0.2) is 21.2 Å². The van der Waals surface area contributed by atoms with Crippen LogP contribution in [0.3, 0.4) is 0 Å². The quantitative estimate of drug-likeness (QED) is 0.694. The minimum Gasteiger partial charge on any atom is -0.349 e. The van der Waals surface area contributed by atoms with Crippen molar-refractivity contribution in [2.75, 3.05) is 5.75 Å². The third-order valence-electron chi connectivity index (χ3n) is 3.83. The molecule has 3 aromatic rings. The Labute approximate surface area is 150 Å². The van der Waals surface area contributed by atoms with Gasteiger partial charge in [0.1, 0.15) is 0 Å². The van der Waals surface area contributed by atoms with Gasteiger partial charge in [-0.25, -0.2) is 4.98 Å². The van der Waals surface area contributed by atoms with Gasteiger partial charge in [0, 0.05) is 12.1 Å². The molecule has 6 heteroatoms. The van der Waals surface area contributed by atoms with Gasteiger partial charge in [0.25, 0.3) is 0 Å². The zero-order valence-electron chi connectivity index (χ0n) is 13.5. The number of carbonyl (C=O) groups is 1. The molecule has 0 radical (unpaired) electrons. The predicted octanol–water partition coefficient (Wildman–Crippen LogP) is 4.20. The van der Waals surface area contributed by atoms with Gasteiger partial charge in [0.15, 0.2) is 5.16 Å². The van der Waals surface area contributed by atoms with Crippen LogP contribution in [0.5, 0.6) is 0 Å². The standard InChI is InChI=1S/C18H18ClN3OS/c1-12(13-7-9-14(19)10-8-13)20-17(23)11-24-18-21-15-5-3-4-6-16(15)22(18)2/h3-10,12H,11H2,1-2H3,(H,20,23). The summed E-state index contributed by atoms with van der Waals surface area (Å²) in [6, 6.07) is 15.4. The number of nitrogens with one attached hydrogen (secondary N) is 1. The van der Waals surface area contributed by atoms with Gasteiger partial charge in [-0.3, -0.25) is 4.79 Å². The van der Waals surface area contributed by atoms with E-state index in [1.165, 1.54) is 11.8 Å². The highest BCUT2D eigenvalue weighted by Crippen LogP contribution is 2.23. The number of fused-ring (bicyclic) bond motifs is 1. The summed E-state index contributed by atoms with van der Waals surface area (Å²) in [5.41, 5.74) is 3.04. The van der Waals surface area contributed by atoms with E-state index in [1.54, 1.807) is 0 Å². The normalized spacial score (nSPS) is 12.3. The number of hydrogen-bond acceptors (Lipinski definition) is 3. The van der Waals surface area contributed by atoms with Crippen LogP contribution in [0.15, 0.2) is 53.7 Å². The lowest BCUT2D eigenvalue weighted by Crippen LogP contribution is -2.28. The van der Waals surface area contributed by atoms with Crippen LogP contribution in [0.1, 0.15) is 18.5 Å². The molecule has 124 valence electrons. The number of rotatable bonds is 5. The molecule has 1 heterocycles. The summed E-state index contributed by atoms with van der Waals surface area (Å²) in [4.78, 5) is 16.8. The predicted molar refractivity (Wildman–Crippen MR) is 99.4 cm³/mol. The molecule has 1 unspecified atom stereocenters. The summed E-state index contributed by atoms with van der Waals surface area (Å²) in [6.07, 6.45) is 0. The largest absolute Gasteiger partial charge is 0.349 e. The topological polar surface area (TPSA) is 46.9 Å². The highest BCUT2D eigenvalue weighted by Gasteiger charge is 2.13. The molecular weight excluding hydrogens is 342 g/mol. The van der Waals surface area contributed by atoms with Gasteiger partial charge >= 0.3 is 0 Å². The number of aromatic nitrogens is 2. The molecule has 0 aliphatic heterocycles. The first-order chi connectivity index (χ1) is 11.5. The smallest absolute Gasteiger partial charge is 0.230 e. The molecule has 0 saturated carbocycles. The third kappa shape index (κ3) is 3.74. The molecular formula is C18H18ClN3OS. The molecule has 3 rings (SSSR count). The summed E-state index contributed by atoms with van der Waals surface area (Å²) in [7, 11) is 1.96. The second-order valence-corrected chi connectivity index (χ2v) is 6.95. The van der Waals surface area contributed by atoms with E-state index in [2.05, 4.69) is 10.3 Å². The van der Waals surface area contributed by atoms with E-state index < -0.39 is 0 Å². The Morgan fingerprint density at radius 2 is 1.96 bits per heavy atom. The minimum absolute atomic E-state index is 0.0190. The van der Waals surface area contributed by atoms with Gasteiger partial charge in [0.2, 0.25) is 5.91 Å². The van der Waals surface area contributed by atoms with Gasteiger partial charge in [-0.15, -0.1) is 0 Å². The van der Waals surface area contributed by atoms with Crippen molar-refractivity contribution in [1.82, 2.24) is 14.9 Å². The van der Waals surface area contributed by atoms with E-state index >= 15 is 0 Å². The molecule has 1 N–H and O–H groups in total. The highest BCUT2D eigenvalue weighted by atomic mass is 35.5. The number of nitrogens with zero attached hydrogens (tertiary/aromatic N) is 2. The Morgan fingerprint density at radius 1 is 1.25 bits per heavy atom. The Bertz CT molecular complexity index is 860. The van der Waals surface area contributed by atoms with E-state index in [1.807, 2.05) is 67.1 Å². The van der Waals surface area contributed by atoms with Gasteiger partial charge in [0.05, 0.1) is 22.8 Å². The summed E-state index contributed by atoms with van der Waals surface area (Å²) in [5.74, 6) is 0.309. The van der Waals surface area contributed by atoms with Crippen molar-refractivity contribution in [3.05, 3.63) is 59.1 Å². The Hall–Kier alpha value is -1.98. The van der Waals surface area contributed by atoms with E-state index in [9.17, 15) is 4.79 Å². The highest BCUT2D eigenvalue weighted by molar-refractivity contribution is 7.99. The molecule has 1 aromatic heterocycles. The maximum atomic E-state index is 12.2. The van der Waals surface area contributed by atoms with Crippen molar-refractivity contribution < 1.29 is 4.79 Å². The molecule has 0 fully saturated rings. The van der Waals surface area contributed by atoms with Crippen LogP contribution in [0.4, 0.5) is 0 Å². The third-order valence-corrected chi connectivity index (χ3v) is 5.11. The Morgan fingerprint density at radius 3 is 2.67 bits per heavy atom. The zero-order valence-corrected chi connectivity index (χ0v) is 15.1.